The van der Waals surface area contributed by atoms with Crippen molar-refractivity contribution in [3.05, 3.63) is 47.7 Å². The summed E-state index contributed by atoms with van der Waals surface area (Å²) in [7, 11) is 0. The molecule has 1 aromatic heterocycles. The summed E-state index contributed by atoms with van der Waals surface area (Å²) in [5.74, 6) is -2.42. The van der Waals surface area contributed by atoms with Crippen LogP contribution in [0, 0.1) is 11.6 Å². The second-order valence-corrected chi connectivity index (χ2v) is 9.13. The van der Waals surface area contributed by atoms with Crippen molar-refractivity contribution >= 4 is 23.3 Å². The minimum absolute atomic E-state index is 0.00937. The molecule has 0 saturated carbocycles. The van der Waals surface area contributed by atoms with E-state index in [1.54, 1.807) is 24.8 Å². The largest absolute Gasteiger partial charge is 0.471 e. The fourth-order valence-electron chi connectivity index (χ4n) is 4.40. The predicted octanol–water partition coefficient (Wildman–Crippen LogP) is 3.12. The van der Waals surface area contributed by atoms with Gasteiger partial charge in [-0.2, -0.15) is 0 Å². The number of amides is 2. The number of carbonyl (C=O) groups is 2. The van der Waals surface area contributed by atoms with E-state index < -0.39 is 35.7 Å². The highest BCUT2D eigenvalue weighted by Crippen LogP contribution is 2.33. The highest BCUT2D eigenvalue weighted by molar-refractivity contribution is 5.90. The number of halogens is 2. The number of rotatable bonds is 6. The molecule has 2 aromatic rings. The van der Waals surface area contributed by atoms with E-state index >= 15 is 8.78 Å². The summed E-state index contributed by atoms with van der Waals surface area (Å²) < 4.78 is 56.5. The fourth-order valence-corrected chi connectivity index (χ4v) is 4.40. The van der Waals surface area contributed by atoms with Gasteiger partial charge >= 0.3 is 6.09 Å². The molecule has 0 N–H and O–H groups in total. The number of benzene rings is 1. The van der Waals surface area contributed by atoms with Crippen LogP contribution < -0.4 is 9.64 Å². The first-order chi connectivity index (χ1) is 17.2. The Morgan fingerprint density at radius 1 is 1.28 bits per heavy atom. The van der Waals surface area contributed by atoms with Gasteiger partial charge in [0.1, 0.15) is 24.5 Å². The van der Waals surface area contributed by atoms with E-state index in [0.29, 0.717) is 5.57 Å². The van der Waals surface area contributed by atoms with Gasteiger partial charge in [-0.3, -0.25) is 9.69 Å². The Morgan fingerprint density at radius 2 is 2.06 bits per heavy atom. The van der Waals surface area contributed by atoms with Crippen LogP contribution in [0.4, 0.5) is 19.3 Å². The van der Waals surface area contributed by atoms with Crippen molar-refractivity contribution < 1.29 is 41.8 Å². The summed E-state index contributed by atoms with van der Waals surface area (Å²) in [5.41, 5.74) is 0.315. The third-order valence-electron chi connectivity index (χ3n) is 6.17. The summed E-state index contributed by atoms with van der Waals surface area (Å²) >= 11 is 0. The molecule has 5 rings (SSSR count). The van der Waals surface area contributed by atoms with Crippen LogP contribution >= 0.6 is 0 Å². The molecule has 2 fully saturated rings. The fraction of sp³-hybridized carbons (Fsp3) is 0.458. The molecule has 1 unspecified atom stereocenters. The number of anilines is 1. The average Bonchev–Trinajstić information content (AvgIpc) is 3.57. The van der Waals surface area contributed by atoms with E-state index in [1.165, 1.54) is 12.3 Å². The molecular weight excluding hydrogens is 480 g/mol. The van der Waals surface area contributed by atoms with E-state index in [2.05, 4.69) is 9.68 Å². The molecule has 0 aliphatic carbocycles. The number of hydrogen-bond donors (Lipinski definition) is 0. The molecule has 3 aliphatic rings. The minimum atomic E-state index is -0.822. The lowest BCUT2D eigenvalue weighted by molar-refractivity contribution is -0.159. The SMILES string of the molecule is CC1(C)OC[C@@H](C(=O)N2CC=C(c3c(F)cc(N4CC(COc5ccon5)OC4=O)cc3F)CC2)O1. The summed E-state index contributed by atoms with van der Waals surface area (Å²) in [4.78, 5) is 27.7. The summed E-state index contributed by atoms with van der Waals surface area (Å²) in [6.45, 7) is 4.18. The van der Waals surface area contributed by atoms with Crippen LogP contribution in [0.3, 0.4) is 0 Å². The Balaban J connectivity index is 1.24. The lowest BCUT2D eigenvalue weighted by Gasteiger charge is -2.29. The molecule has 1 aromatic carbocycles. The Hall–Kier alpha value is -3.51. The number of cyclic esters (lactones) is 1. The van der Waals surface area contributed by atoms with Crippen molar-refractivity contribution in [1.82, 2.24) is 10.1 Å². The number of aromatic nitrogens is 1. The summed E-state index contributed by atoms with van der Waals surface area (Å²) in [5, 5.41) is 3.60. The summed E-state index contributed by atoms with van der Waals surface area (Å²) in [6, 6.07) is 3.71. The van der Waals surface area contributed by atoms with Gasteiger partial charge in [-0.1, -0.05) is 6.08 Å². The molecule has 12 heteroatoms. The zero-order chi connectivity index (χ0) is 25.4. The number of hydrogen-bond acceptors (Lipinski definition) is 8. The molecule has 2 amide bonds. The van der Waals surface area contributed by atoms with Crippen molar-refractivity contribution in [1.29, 1.82) is 0 Å². The normalized spacial score (nSPS) is 23.6. The van der Waals surface area contributed by atoms with Crippen LogP contribution in [0.2, 0.25) is 0 Å². The monoisotopic (exact) mass is 505 g/mol. The van der Waals surface area contributed by atoms with Crippen LogP contribution in [-0.2, 0) is 19.0 Å². The number of nitrogens with zero attached hydrogens (tertiary/aromatic N) is 3. The molecule has 3 aliphatic heterocycles. The first-order valence-electron chi connectivity index (χ1n) is 11.5. The standard InChI is InChI=1S/C24H25F2N3O7/c1-24(2)33-13-19(36-24)22(30)28-6-3-14(4-7-28)21-17(25)9-15(10-18(21)26)29-11-16(35-23(29)31)12-32-20-5-8-34-27-20/h3,5,8-10,16,19H,4,6-7,11-13H2,1-2H3/t16?,19-/m0/s1. The Labute approximate surface area is 205 Å². The van der Waals surface area contributed by atoms with Crippen LogP contribution in [-0.4, -0.2) is 72.9 Å². The third-order valence-corrected chi connectivity index (χ3v) is 6.17. The van der Waals surface area contributed by atoms with Gasteiger partial charge in [-0.25, -0.2) is 13.6 Å². The maximum absolute atomic E-state index is 15.1. The van der Waals surface area contributed by atoms with E-state index in [1.807, 2.05) is 0 Å². The number of carbonyl (C=O) groups excluding carboxylic acids is 2. The molecule has 0 bridgehead atoms. The molecule has 10 nitrogen and oxygen atoms in total. The van der Waals surface area contributed by atoms with Gasteiger partial charge in [0.25, 0.3) is 11.8 Å². The molecule has 2 atom stereocenters. The van der Waals surface area contributed by atoms with Gasteiger partial charge in [0.05, 0.1) is 18.8 Å². The zero-order valence-electron chi connectivity index (χ0n) is 19.7. The van der Waals surface area contributed by atoms with Crippen molar-refractivity contribution in [2.24, 2.45) is 0 Å². The topological polar surface area (TPSA) is 104 Å². The van der Waals surface area contributed by atoms with E-state index in [4.69, 9.17) is 18.9 Å². The van der Waals surface area contributed by atoms with Gasteiger partial charge in [-0.05, 0) is 43.1 Å². The van der Waals surface area contributed by atoms with E-state index in [0.717, 1.165) is 17.0 Å². The molecular formula is C24H25F2N3O7. The van der Waals surface area contributed by atoms with Crippen LogP contribution in [0.1, 0.15) is 25.8 Å². The van der Waals surface area contributed by atoms with Gasteiger partial charge in [0, 0.05) is 24.7 Å². The quantitative estimate of drug-likeness (QED) is 0.590. The van der Waals surface area contributed by atoms with Crippen molar-refractivity contribution in [2.45, 2.75) is 38.3 Å². The molecule has 192 valence electrons. The molecule has 0 radical (unpaired) electrons. The highest BCUT2D eigenvalue weighted by atomic mass is 19.1. The number of ether oxygens (including phenoxy) is 4. The van der Waals surface area contributed by atoms with Crippen LogP contribution in [0.5, 0.6) is 5.88 Å². The lowest BCUT2D eigenvalue weighted by Crippen LogP contribution is -2.43. The van der Waals surface area contributed by atoms with Gasteiger partial charge in [0.2, 0.25) is 0 Å². The van der Waals surface area contributed by atoms with E-state index in [-0.39, 0.29) is 62.3 Å². The van der Waals surface area contributed by atoms with Crippen molar-refractivity contribution in [3.8, 4) is 5.88 Å². The highest BCUT2D eigenvalue weighted by Gasteiger charge is 2.39. The van der Waals surface area contributed by atoms with Crippen LogP contribution in [0.15, 0.2) is 35.1 Å². The second kappa shape index (κ2) is 9.51. The smallest absolute Gasteiger partial charge is 0.414 e. The molecule has 0 spiro atoms. The second-order valence-electron chi connectivity index (χ2n) is 9.13. The van der Waals surface area contributed by atoms with Gasteiger partial charge < -0.3 is 28.4 Å². The van der Waals surface area contributed by atoms with Gasteiger partial charge in [0.15, 0.2) is 18.0 Å². The maximum atomic E-state index is 15.1. The first kappa shape index (κ1) is 24.2. The Bertz CT molecular complexity index is 1160. The van der Waals surface area contributed by atoms with Crippen molar-refractivity contribution in [3.63, 3.8) is 0 Å². The molecule has 36 heavy (non-hydrogen) atoms. The maximum Gasteiger partial charge on any atom is 0.414 e. The molecule has 2 saturated heterocycles. The average molecular weight is 505 g/mol. The predicted molar refractivity (Wildman–Crippen MR) is 120 cm³/mol. The van der Waals surface area contributed by atoms with Gasteiger partial charge in [-0.15, -0.1) is 0 Å². The zero-order valence-corrected chi connectivity index (χ0v) is 19.7. The van der Waals surface area contributed by atoms with Crippen LogP contribution in [0.25, 0.3) is 5.57 Å². The Kier molecular flexibility index (Phi) is 6.39. The molecule has 4 heterocycles. The summed E-state index contributed by atoms with van der Waals surface area (Å²) in [6.07, 6.45) is 1.15. The lowest BCUT2D eigenvalue weighted by atomic mass is 9.97. The minimum Gasteiger partial charge on any atom is -0.471 e. The first-order valence-corrected chi connectivity index (χ1v) is 11.5. The Morgan fingerprint density at radius 3 is 2.67 bits per heavy atom. The van der Waals surface area contributed by atoms with Crippen molar-refractivity contribution in [2.75, 3.05) is 37.7 Å². The third kappa shape index (κ3) is 4.91. The van der Waals surface area contributed by atoms with E-state index in [9.17, 15) is 9.59 Å².